The number of anilines is 2. The van der Waals surface area contributed by atoms with Crippen molar-refractivity contribution in [3.05, 3.63) is 46.2 Å². The number of hydrogen-bond acceptors (Lipinski definition) is 5. The molecule has 8 heteroatoms. The maximum Gasteiger partial charge on any atom is 0.257 e. The van der Waals surface area contributed by atoms with Crippen LogP contribution in [0.1, 0.15) is 17.9 Å². The van der Waals surface area contributed by atoms with Gasteiger partial charge in [-0.15, -0.1) is 0 Å². The van der Waals surface area contributed by atoms with Crippen molar-refractivity contribution in [3.63, 3.8) is 0 Å². The van der Waals surface area contributed by atoms with Crippen LogP contribution in [0, 0.1) is 0 Å². The number of fused-ring (bicyclic) bond motifs is 1. The number of para-hydroxylation sites is 1. The third-order valence-corrected chi connectivity index (χ3v) is 4.06. The number of hydrogen-bond donors (Lipinski definition) is 3. The Morgan fingerprint density at radius 3 is 2.74 bits per heavy atom. The van der Waals surface area contributed by atoms with Crippen LogP contribution in [0.25, 0.3) is 0 Å². The van der Waals surface area contributed by atoms with E-state index in [-0.39, 0.29) is 23.7 Å². The van der Waals surface area contributed by atoms with E-state index in [1.165, 1.54) is 11.8 Å². The number of amides is 2. The summed E-state index contributed by atoms with van der Waals surface area (Å²) in [4.78, 5) is 43.4. The molecule has 1 aliphatic rings. The van der Waals surface area contributed by atoms with Crippen LogP contribution in [-0.2, 0) is 9.59 Å². The molecule has 0 bridgehead atoms. The smallest absolute Gasteiger partial charge is 0.257 e. The Balaban J connectivity index is 1.97. The molecular weight excluding hydrogens is 316 g/mol. The number of carbonyl (C=O) groups is 2. The predicted molar refractivity (Wildman–Crippen MR) is 87.7 cm³/mol. The van der Waals surface area contributed by atoms with Gasteiger partial charge in [-0.2, -0.15) is 0 Å². The quantitative estimate of drug-likeness (QED) is 0.585. The highest BCUT2D eigenvalue weighted by Gasteiger charge is 2.34. The van der Waals surface area contributed by atoms with Crippen LogP contribution in [0.4, 0.5) is 11.5 Å². The Kier molecular flexibility index (Phi) is 4.16. The minimum absolute atomic E-state index is 0.0883. The van der Waals surface area contributed by atoms with Gasteiger partial charge in [-0.05, 0) is 18.4 Å². The second-order valence-corrected chi connectivity index (χ2v) is 5.79. The summed E-state index contributed by atoms with van der Waals surface area (Å²) in [5.74, 6) is -1.46. The van der Waals surface area contributed by atoms with Crippen LogP contribution in [0.3, 0.4) is 0 Å². The molecule has 1 aromatic heterocycles. The van der Waals surface area contributed by atoms with E-state index in [9.17, 15) is 14.4 Å². The largest absolute Gasteiger partial charge is 0.326 e. The zero-order valence-corrected chi connectivity index (χ0v) is 13.1. The maximum absolute atomic E-state index is 12.5. The summed E-state index contributed by atoms with van der Waals surface area (Å²) in [7, 11) is 0. The van der Waals surface area contributed by atoms with Crippen molar-refractivity contribution >= 4 is 35.1 Å². The average molecular weight is 330 g/mol. The molecule has 3 rings (SSSR count). The first-order valence-electron chi connectivity index (χ1n) is 6.92. The van der Waals surface area contributed by atoms with E-state index in [4.69, 9.17) is 0 Å². The molecule has 1 aliphatic heterocycles. The molecule has 3 N–H and O–H groups in total. The van der Waals surface area contributed by atoms with Gasteiger partial charge in [0, 0.05) is 12.1 Å². The summed E-state index contributed by atoms with van der Waals surface area (Å²) >= 11 is 1.25. The highest BCUT2D eigenvalue weighted by atomic mass is 32.2. The summed E-state index contributed by atoms with van der Waals surface area (Å²) < 4.78 is 0. The van der Waals surface area contributed by atoms with Gasteiger partial charge in [-0.1, -0.05) is 30.0 Å². The monoisotopic (exact) mass is 330 g/mol. The summed E-state index contributed by atoms with van der Waals surface area (Å²) in [6.07, 6.45) is 1.67. The van der Waals surface area contributed by atoms with E-state index in [1.807, 2.05) is 6.07 Å². The lowest BCUT2D eigenvalue weighted by atomic mass is 9.92. The first-order chi connectivity index (χ1) is 11.1. The SMILES string of the molecule is CSc1nc2c(c(=O)[nH]1)[C@@H](C(=O)Nc1ccccc1)CC(=O)N2. The first kappa shape index (κ1) is 15.3. The summed E-state index contributed by atoms with van der Waals surface area (Å²) in [6, 6.07) is 8.88. The normalized spacial score (nSPS) is 16.4. The summed E-state index contributed by atoms with van der Waals surface area (Å²) in [5, 5.41) is 5.67. The number of H-pyrrole nitrogens is 1. The van der Waals surface area contributed by atoms with Crippen LogP contribution >= 0.6 is 11.8 Å². The second-order valence-electron chi connectivity index (χ2n) is 5.00. The number of rotatable bonds is 3. The number of nitrogens with zero attached hydrogens (tertiary/aromatic N) is 1. The molecule has 2 amide bonds. The van der Waals surface area contributed by atoms with Gasteiger partial charge >= 0.3 is 0 Å². The molecule has 0 saturated carbocycles. The molecule has 7 nitrogen and oxygen atoms in total. The highest BCUT2D eigenvalue weighted by Crippen LogP contribution is 2.29. The zero-order valence-electron chi connectivity index (χ0n) is 12.3. The molecule has 0 aliphatic carbocycles. The number of aromatic nitrogens is 2. The van der Waals surface area contributed by atoms with Crippen molar-refractivity contribution in [1.29, 1.82) is 0 Å². The van der Waals surface area contributed by atoms with Crippen LogP contribution in [-0.4, -0.2) is 28.0 Å². The van der Waals surface area contributed by atoms with Gasteiger partial charge in [0.25, 0.3) is 5.56 Å². The molecule has 1 atom stereocenters. The van der Waals surface area contributed by atoms with Gasteiger partial charge in [0.1, 0.15) is 5.82 Å². The van der Waals surface area contributed by atoms with Gasteiger partial charge in [0.2, 0.25) is 11.8 Å². The molecule has 0 radical (unpaired) electrons. The molecule has 2 heterocycles. The topological polar surface area (TPSA) is 104 Å². The number of benzene rings is 1. The number of nitrogens with one attached hydrogen (secondary N) is 3. The average Bonchev–Trinajstić information content (AvgIpc) is 2.54. The standard InChI is InChI=1S/C15H14N4O3S/c1-23-15-18-12-11(14(22)19-15)9(7-10(20)17-12)13(21)16-8-5-3-2-4-6-8/h2-6,9H,7H2,1H3,(H,16,21)(H2,17,18,19,20,22)/t9-/m0/s1. The predicted octanol–water partition coefficient (Wildman–Crippen LogP) is 1.56. The van der Waals surface area contributed by atoms with Gasteiger partial charge < -0.3 is 15.6 Å². The summed E-state index contributed by atoms with van der Waals surface area (Å²) in [6.45, 7) is 0. The lowest BCUT2D eigenvalue weighted by Crippen LogP contribution is -2.36. The Labute approximate surface area is 135 Å². The van der Waals surface area contributed by atoms with E-state index in [0.29, 0.717) is 10.8 Å². The minimum atomic E-state index is -0.869. The van der Waals surface area contributed by atoms with E-state index in [1.54, 1.807) is 30.5 Å². The van der Waals surface area contributed by atoms with Crippen molar-refractivity contribution in [1.82, 2.24) is 9.97 Å². The van der Waals surface area contributed by atoms with Crippen LogP contribution in [0.2, 0.25) is 0 Å². The number of carbonyl (C=O) groups excluding carboxylic acids is 2. The maximum atomic E-state index is 12.5. The molecular formula is C15H14N4O3S. The fraction of sp³-hybridized carbons (Fsp3) is 0.200. The molecule has 2 aromatic rings. The lowest BCUT2D eigenvalue weighted by molar-refractivity contribution is -0.123. The first-order valence-corrected chi connectivity index (χ1v) is 8.15. The minimum Gasteiger partial charge on any atom is -0.326 e. The van der Waals surface area contributed by atoms with E-state index in [0.717, 1.165) is 0 Å². The van der Waals surface area contributed by atoms with E-state index < -0.39 is 17.4 Å². The molecule has 0 unspecified atom stereocenters. The second kappa shape index (κ2) is 6.25. The van der Waals surface area contributed by atoms with E-state index >= 15 is 0 Å². The van der Waals surface area contributed by atoms with Crippen molar-refractivity contribution in [2.45, 2.75) is 17.5 Å². The molecule has 118 valence electrons. The van der Waals surface area contributed by atoms with Crippen molar-refractivity contribution in [2.75, 3.05) is 16.9 Å². The van der Waals surface area contributed by atoms with E-state index in [2.05, 4.69) is 20.6 Å². The Morgan fingerprint density at radius 2 is 2.04 bits per heavy atom. The Hall–Kier alpha value is -2.61. The van der Waals surface area contributed by atoms with Gasteiger partial charge in [0.05, 0.1) is 11.5 Å². The molecule has 0 spiro atoms. The third-order valence-electron chi connectivity index (χ3n) is 3.48. The lowest BCUT2D eigenvalue weighted by Gasteiger charge is -2.23. The van der Waals surface area contributed by atoms with Crippen molar-refractivity contribution in [2.24, 2.45) is 0 Å². The summed E-state index contributed by atoms with van der Waals surface area (Å²) in [5.41, 5.74) is 0.388. The number of aromatic amines is 1. The fourth-order valence-electron chi connectivity index (χ4n) is 2.42. The Bertz CT molecular complexity index is 819. The zero-order chi connectivity index (χ0) is 16.4. The molecule has 23 heavy (non-hydrogen) atoms. The van der Waals surface area contributed by atoms with Gasteiger partial charge in [-0.25, -0.2) is 4.98 Å². The third kappa shape index (κ3) is 3.11. The van der Waals surface area contributed by atoms with Gasteiger partial charge in [-0.3, -0.25) is 14.4 Å². The molecule has 0 saturated heterocycles. The molecule has 0 fully saturated rings. The fourth-order valence-corrected chi connectivity index (χ4v) is 2.80. The number of thioether (sulfide) groups is 1. The van der Waals surface area contributed by atoms with Crippen LogP contribution in [0.15, 0.2) is 40.3 Å². The Morgan fingerprint density at radius 1 is 1.30 bits per heavy atom. The van der Waals surface area contributed by atoms with Gasteiger partial charge in [0.15, 0.2) is 5.16 Å². The van der Waals surface area contributed by atoms with Crippen molar-refractivity contribution < 1.29 is 9.59 Å². The van der Waals surface area contributed by atoms with Crippen molar-refractivity contribution in [3.8, 4) is 0 Å². The molecule has 1 aromatic carbocycles. The highest BCUT2D eigenvalue weighted by molar-refractivity contribution is 7.98. The van der Waals surface area contributed by atoms with Crippen LogP contribution in [0.5, 0.6) is 0 Å². The van der Waals surface area contributed by atoms with Crippen LogP contribution < -0.4 is 16.2 Å².